The van der Waals surface area contributed by atoms with Crippen molar-refractivity contribution in [3.05, 3.63) is 35.2 Å². The highest BCUT2D eigenvalue weighted by molar-refractivity contribution is 5.84. The van der Waals surface area contributed by atoms with Crippen LogP contribution in [0.25, 0.3) is 11.5 Å². The summed E-state index contributed by atoms with van der Waals surface area (Å²) < 4.78 is 0. The first-order valence-corrected chi connectivity index (χ1v) is 11.3. The van der Waals surface area contributed by atoms with E-state index < -0.39 is 0 Å². The number of pyridine rings is 1. The summed E-state index contributed by atoms with van der Waals surface area (Å²) in [7, 11) is 6.16. The van der Waals surface area contributed by atoms with Crippen LogP contribution in [0.15, 0.2) is 18.3 Å². The number of fused-ring (bicyclic) bond motifs is 1. The average Bonchev–Trinajstić information content (AvgIpc) is 3.14. The summed E-state index contributed by atoms with van der Waals surface area (Å²) in [5.41, 5.74) is 4.36. The van der Waals surface area contributed by atoms with Crippen LogP contribution >= 0.6 is 0 Å². The van der Waals surface area contributed by atoms with Crippen molar-refractivity contribution in [1.82, 2.24) is 19.9 Å². The van der Waals surface area contributed by atoms with Crippen LogP contribution in [0, 0.1) is 5.41 Å². The first-order chi connectivity index (χ1) is 14.6. The summed E-state index contributed by atoms with van der Waals surface area (Å²) in [6.07, 6.45) is 7.55. The summed E-state index contributed by atoms with van der Waals surface area (Å²) in [6.45, 7) is 7.73. The van der Waals surface area contributed by atoms with Gasteiger partial charge >= 0.3 is 0 Å². The number of aromatic nitrogens is 3. The zero-order valence-electron chi connectivity index (χ0n) is 20.0. The van der Waals surface area contributed by atoms with Crippen LogP contribution in [-0.4, -0.2) is 59.9 Å². The maximum atomic E-state index is 12.6. The second-order valence-electron chi connectivity index (χ2n) is 10.2. The minimum Gasteiger partial charge on any atom is -0.352 e. The fourth-order valence-electron chi connectivity index (χ4n) is 4.18. The van der Waals surface area contributed by atoms with Crippen molar-refractivity contribution in [1.29, 1.82) is 0 Å². The van der Waals surface area contributed by atoms with E-state index in [2.05, 4.69) is 56.9 Å². The van der Waals surface area contributed by atoms with Crippen LogP contribution in [0.5, 0.6) is 0 Å². The summed E-state index contributed by atoms with van der Waals surface area (Å²) in [6, 6.07) is 4.19. The van der Waals surface area contributed by atoms with Crippen molar-refractivity contribution in [3.63, 3.8) is 0 Å². The zero-order valence-corrected chi connectivity index (χ0v) is 20.0. The lowest BCUT2D eigenvalue weighted by molar-refractivity contribution is -0.119. The highest BCUT2D eigenvalue weighted by atomic mass is 16.1. The van der Waals surface area contributed by atoms with Crippen LogP contribution in [-0.2, 0) is 24.1 Å². The van der Waals surface area contributed by atoms with E-state index in [0.29, 0.717) is 18.8 Å². The molecule has 6 heteroatoms. The van der Waals surface area contributed by atoms with Gasteiger partial charge in [-0.1, -0.05) is 20.8 Å². The Morgan fingerprint density at radius 3 is 2.61 bits per heavy atom. The Morgan fingerprint density at radius 1 is 1.13 bits per heavy atom. The van der Waals surface area contributed by atoms with Crippen LogP contribution < -0.4 is 4.90 Å². The van der Waals surface area contributed by atoms with Crippen LogP contribution in [0.1, 0.15) is 56.9 Å². The predicted molar refractivity (Wildman–Crippen MR) is 127 cm³/mol. The standard InChI is InChI=1S/C25H37N5O/c1-25(2,3)16-19(31)17-30(6)24-20-10-7-11-21(20)27-23(28-24)22-15-18(12-13-26-22)9-8-14-29(4)5/h12-13,15H,7-11,14,16-17H2,1-6H3. The fourth-order valence-corrected chi connectivity index (χ4v) is 4.18. The number of aryl methyl sites for hydroxylation is 2. The van der Waals surface area contributed by atoms with Crippen molar-refractivity contribution < 1.29 is 4.79 Å². The summed E-state index contributed by atoms with van der Waals surface area (Å²) >= 11 is 0. The lowest BCUT2D eigenvalue weighted by Gasteiger charge is -2.23. The minimum absolute atomic E-state index is 0.00630. The molecule has 2 aromatic heterocycles. The number of anilines is 1. The molecule has 0 aromatic carbocycles. The third-order valence-electron chi connectivity index (χ3n) is 5.54. The molecule has 0 saturated heterocycles. The van der Waals surface area contributed by atoms with Crippen LogP contribution in [0.4, 0.5) is 5.82 Å². The van der Waals surface area contributed by atoms with Gasteiger partial charge in [-0.25, -0.2) is 9.97 Å². The van der Waals surface area contributed by atoms with Gasteiger partial charge in [-0.05, 0) is 75.9 Å². The first-order valence-electron chi connectivity index (χ1n) is 11.3. The van der Waals surface area contributed by atoms with Gasteiger partial charge < -0.3 is 9.80 Å². The molecule has 168 valence electrons. The Morgan fingerprint density at radius 2 is 1.90 bits per heavy atom. The molecule has 1 aliphatic rings. The Kier molecular flexibility index (Phi) is 7.42. The number of Topliss-reactive ketones (excluding diaryl/α,β-unsaturated/α-hetero) is 1. The number of carbonyl (C=O) groups is 1. The number of hydrogen-bond donors (Lipinski definition) is 0. The number of nitrogens with zero attached hydrogens (tertiary/aromatic N) is 5. The van der Waals surface area contributed by atoms with Crippen molar-refractivity contribution in [3.8, 4) is 11.5 Å². The second-order valence-corrected chi connectivity index (χ2v) is 10.2. The van der Waals surface area contributed by atoms with E-state index in [1.54, 1.807) is 0 Å². The maximum Gasteiger partial charge on any atom is 0.180 e. The molecule has 1 aliphatic carbocycles. The quantitative estimate of drug-likeness (QED) is 0.608. The van der Waals surface area contributed by atoms with E-state index in [-0.39, 0.29) is 11.2 Å². The number of rotatable bonds is 9. The van der Waals surface area contributed by atoms with Gasteiger partial charge in [0.05, 0.1) is 6.54 Å². The van der Waals surface area contributed by atoms with Gasteiger partial charge in [-0.15, -0.1) is 0 Å². The normalized spacial score (nSPS) is 13.5. The van der Waals surface area contributed by atoms with E-state index in [9.17, 15) is 4.79 Å². The van der Waals surface area contributed by atoms with Crippen LogP contribution in [0.3, 0.4) is 0 Å². The predicted octanol–water partition coefficient (Wildman–Crippen LogP) is 3.96. The zero-order chi connectivity index (χ0) is 22.6. The number of likely N-dealkylation sites (N-methyl/N-ethyl adjacent to an activating group) is 1. The monoisotopic (exact) mass is 423 g/mol. The van der Waals surface area contributed by atoms with E-state index in [0.717, 1.165) is 55.9 Å². The Bertz CT molecular complexity index is 917. The molecule has 0 bridgehead atoms. The van der Waals surface area contributed by atoms with E-state index >= 15 is 0 Å². The molecular weight excluding hydrogens is 386 g/mol. The van der Waals surface area contributed by atoms with Gasteiger partial charge in [-0.3, -0.25) is 9.78 Å². The Labute approximate surface area is 187 Å². The largest absolute Gasteiger partial charge is 0.352 e. The average molecular weight is 424 g/mol. The van der Waals surface area contributed by atoms with E-state index in [4.69, 9.17) is 9.97 Å². The molecule has 31 heavy (non-hydrogen) atoms. The van der Waals surface area contributed by atoms with E-state index in [1.807, 2.05) is 18.1 Å². The molecule has 2 aromatic rings. The third-order valence-corrected chi connectivity index (χ3v) is 5.54. The Balaban J connectivity index is 1.84. The summed E-state index contributed by atoms with van der Waals surface area (Å²) in [5, 5.41) is 0. The molecule has 0 atom stereocenters. The molecule has 0 saturated carbocycles. The number of hydrogen-bond acceptors (Lipinski definition) is 6. The van der Waals surface area contributed by atoms with Gasteiger partial charge in [0, 0.05) is 30.9 Å². The molecule has 0 unspecified atom stereocenters. The molecular formula is C25H37N5O. The van der Waals surface area contributed by atoms with Gasteiger partial charge in [-0.2, -0.15) is 0 Å². The van der Waals surface area contributed by atoms with Gasteiger partial charge in [0.1, 0.15) is 11.5 Å². The minimum atomic E-state index is -0.00630. The SMILES string of the molecule is CN(C)CCCc1ccnc(-c2nc3c(c(N(C)CC(=O)CC(C)(C)C)n2)CCC3)c1. The van der Waals surface area contributed by atoms with Crippen molar-refractivity contribution >= 4 is 11.6 Å². The Hall–Kier alpha value is -2.34. The molecule has 3 rings (SSSR count). The highest BCUT2D eigenvalue weighted by Crippen LogP contribution is 2.31. The number of carbonyl (C=O) groups excluding carboxylic acids is 1. The summed E-state index contributed by atoms with van der Waals surface area (Å²) in [5.74, 6) is 1.79. The van der Waals surface area contributed by atoms with Crippen molar-refractivity contribution in [2.75, 3.05) is 39.1 Å². The molecule has 0 aliphatic heterocycles. The maximum absolute atomic E-state index is 12.6. The van der Waals surface area contributed by atoms with Crippen molar-refractivity contribution in [2.24, 2.45) is 5.41 Å². The van der Waals surface area contributed by atoms with Gasteiger partial charge in [0.2, 0.25) is 0 Å². The molecule has 0 fully saturated rings. The fraction of sp³-hybridized carbons (Fsp3) is 0.600. The lowest BCUT2D eigenvalue weighted by Crippen LogP contribution is -2.30. The first kappa shape index (κ1) is 23.3. The smallest absolute Gasteiger partial charge is 0.180 e. The molecule has 2 heterocycles. The van der Waals surface area contributed by atoms with Gasteiger partial charge in [0.25, 0.3) is 0 Å². The molecule has 0 spiro atoms. The van der Waals surface area contributed by atoms with Crippen molar-refractivity contribution in [2.45, 2.75) is 59.3 Å². The topological polar surface area (TPSA) is 62.2 Å². The van der Waals surface area contributed by atoms with Gasteiger partial charge in [0.15, 0.2) is 11.6 Å². The highest BCUT2D eigenvalue weighted by Gasteiger charge is 2.24. The lowest BCUT2D eigenvalue weighted by atomic mass is 9.90. The molecule has 0 amide bonds. The van der Waals surface area contributed by atoms with E-state index in [1.165, 1.54) is 11.1 Å². The third kappa shape index (κ3) is 6.57. The molecule has 6 nitrogen and oxygen atoms in total. The number of ketones is 1. The summed E-state index contributed by atoms with van der Waals surface area (Å²) in [4.78, 5) is 31.1. The second kappa shape index (κ2) is 9.86. The van der Waals surface area contributed by atoms with Crippen LogP contribution in [0.2, 0.25) is 0 Å². The molecule has 0 radical (unpaired) electrons. The molecule has 0 N–H and O–H groups in total.